The Morgan fingerprint density at radius 3 is 2.54 bits per heavy atom. The predicted molar refractivity (Wildman–Crippen MR) is 109 cm³/mol. The van der Waals surface area contributed by atoms with Crippen LogP contribution in [0.1, 0.15) is 54.8 Å². The second kappa shape index (κ2) is 7.50. The number of benzene rings is 2. The molecule has 0 radical (unpaired) electrons. The van der Waals surface area contributed by atoms with Crippen molar-refractivity contribution in [3.8, 4) is 0 Å². The summed E-state index contributed by atoms with van der Waals surface area (Å²) in [5, 5.41) is 15.0. The van der Waals surface area contributed by atoms with Crippen molar-refractivity contribution in [1.29, 1.82) is 5.41 Å². The van der Waals surface area contributed by atoms with E-state index in [9.17, 15) is 0 Å². The molecule has 0 aromatic heterocycles. The molecule has 0 amide bonds. The maximum absolute atomic E-state index is 7.44. The Morgan fingerprint density at radius 2 is 1.73 bits per heavy atom. The number of fused-ring (bicyclic) bond motifs is 1. The quantitative estimate of drug-likeness (QED) is 0.482. The topological polar surface area (TPSA) is 73.9 Å². The zero-order chi connectivity index (χ0) is 17.9. The summed E-state index contributed by atoms with van der Waals surface area (Å²) < 4.78 is 0. The number of hydrogen-bond acceptors (Lipinski definition) is 4. The smallest absolute Gasteiger partial charge is 0.0404 e. The molecule has 2 aliphatic rings. The van der Waals surface area contributed by atoms with Crippen LogP contribution in [-0.4, -0.2) is 18.3 Å². The maximum Gasteiger partial charge on any atom is 0.0404 e. The Kier molecular flexibility index (Phi) is 4.93. The molecule has 1 unspecified atom stereocenters. The fraction of sp³-hybridized carbons (Fsp3) is 0.409. The molecule has 26 heavy (non-hydrogen) atoms. The first-order valence-corrected chi connectivity index (χ1v) is 9.73. The van der Waals surface area contributed by atoms with Gasteiger partial charge in [0.2, 0.25) is 0 Å². The molecule has 1 atom stereocenters. The first-order valence-electron chi connectivity index (χ1n) is 9.73. The molecule has 4 nitrogen and oxygen atoms in total. The van der Waals surface area contributed by atoms with E-state index in [2.05, 4.69) is 34.9 Å². The molecular formula is C22H28N4. The highest BCUT2D eigenvalue weighted by molar-refractivity contribution is 5.86. The molecule has 0 aliphatic heterocycles. The number of hydrogen-bond donors (Lipinski definition) is 4. The van der Waals surface area contributed by atoms with Gasteiger partial charge in [0.05, 0.1) is 0 Å². The summed E-state index contributed by atoms with van der Waals surface area (Å²) in [7, 11) is 0. The number of aryl methyl sites for hydroxylation is 1. The third-order valence-electron chi connectivity index (χ3n) is 5.91. The van der Waals surface area contributed by atoms with Gasteiger partial charge in [-0.05, 0) is 67.9 Å². The van der Waals surface area contributed by atoms with Gasteiger partial charge in [0.15, 0.2) is 0 Å². The number of rotatable bonds is 5. The van der Waals surface area contributed by atoms with Crippen molar-refractivity contribution in [2.75, 3.05) is 11.1 Å². The van der Waals surface area contributed by atoms with Gasteiger partial charge < -0.3 is 21.8 Å². The van der Waals surface area contributed by atoms with Gasteiger partial charge in [0.25, 0.3) is 0 Å². The summed E-state index contributed by atoms with van der Waals surface area (Å²) in [6.07, 6.45) is 8.53. The zero-order valence-corrected chi connectivity index (χ0v) is 15.2. The summed E-state index contributed by atoms with van der Waals surface area (Å²) in [6, 6.07) is 16.4. The van der Waals surface area contributed by atoms with Gasteiger partial charge in [0.1, 0.15) is 0 Å². The monoisotopic (exact) mass is 348 g/mol. The minimum absolute atomic E-state index is 0.506. The molecule has 4 rings (SSSR count). The molecular weight excluding hydrogens is 320 g/mol. The molecule has 2 aromatic carbocycles. The highest BCUT2D eigenvalue weighted by Gasteiger charge is 2.27. The van der Waals surface area contributed by atoms with Crippen LogP contribution in [0.3, 0.4) is 0 Å². The van der Waals surface area contributed by atoms with Gasteiger partial charge in [-0.25, -0.2) is 0 Å². The van der Waals surface area contributed by atoms with Crippen molar-refractivity contribution in [2.45, 2.75) is 56.7 Å². The second-order valence-corrected chi connectivity index (χ2v) is 7.64. The van der Waals surface area contributed by atoms with E-state index in [0.29, 0.717) is 23.8 Å². The van der Waals surface area contributed by atoms with Crippen LogP contribution in [0.15, 0.2) is 42.5 Å². The van der Waals surface area contributed by atoms with Crippen LogP contribution in [-0.2, 0) is 6.42 Å². The van der Waals surface area contributed by atoms with Crippen LogP contribution in [0, 0.1) is 5.41 Å². The molecule has 4 heteroatoms. The number of nitrogens with one attached hydrogen (secondary N) is 3. The molecule has 2 aromatic rings. The average molecular weight is 348 g/mol. The lowest BCUT2D eigenvalue weighted by atomic mass is 9.90. The lowest BCUT2D eigenvalue weighted by molar-refractivity contribution is 0.323. The molecule has 1 fully saturated rings. The van der Waals surface area contributed by atoms with E-state index in [1.165, 1.54) is 55.9 Å². The van der Waals surface area contributed by atoms with Crippen molar-refractivity contribution in [1.82, 2.24) is 5.32 Å². The summed E-state index contributed by atoms with van der Waals surface area (Å²) in [6.45, 7) is 0. The average Bonchev–Trinajstić information content (AvgIpc) is 3.08. The SMILES string of the molecule is N=Cc1cc(NC2CCC(NC3CCc4ccccc43)CC2)ccc1N. The molecule has 0 heterocycles. The molecule has 136 valence electrons. The summed E-state index contributed by atoms with van der Waals surface area (Å²) in [5.41, 5.74) is 11.4. The van der Waals surface area contributed by atoms with Crippen LogP contribution < -0.4 is 16.4 Å². The maximum atomic E-state index is 7.44. The Labute approximate surface area is 155 Å². The largest absolute Gasteiger partial charge is 0.398 e. The Bertz CT molecular complexity index is 777. The lowest BCUT2D eigenvalue weighted by Gasteiger charge is -2.32. The van der Waals surface area contributed by atoms with E-state index < -0.39 is 0 Å². The second-order valence-electron chi connectivity index (χ2n) is 7.64. The van der Waals surface area contributed by atoms with E-state index in [1.807, 2.05) is 18.2 Å². The van der Waals surface area contributed by atoms with Crippen molar-refractivity contribution in [3.63, 3.8) is 0 Å². The molecule has 0 spiro atoms. The molecule has 0 bridgehead atoms. The minimum atomic E-state index is 0.506. The number of nitrogens with two attached hydrogens (primary N) is 1. The molecule has 2 aliphatic carbocycles. The van der Waals surface area contributed by atoms with E-state index in [0.717, 1.165) is 11.3 Å². The Morgan fingerprint density at radius 1 is 0.962 bits per heavy atom. The van der Waals surface area contributed by atoms with E-state index in [4.69, 9.17) is 11.1 Å². The predicted octanol–water partition coefficient (Wildman–Crippen LogP) is 4.27. The first-order chi connectivity index (χ1) is 12.7. The summed E-state index contributed by atoms with van der Waals surface area (Å²) in [5.74, 6) is 0. The van der Waals surface area contributed by atoms with Gasteiger partial charge in [-0.1, -0.05) is 24.3 Å². The standard InChI is InChI=1S/C22H28N4/c23-14-16-13-19(10-11-21(16)24)25-17-6-8-18(9-7-17)26-22-12-5-15-3-1-2-4-20(15)22/h1-4,10-11,13-14,17-18,22-23,25-26H,5-9,12,24H2. The normalized spacial score (nSPS) is 24.8. The van der Waals surface area contributed by atoms with Crippen molar-refractivity contribution in [3.05, 3.63) is 59.2 Å². The van der Waals surface area contributed by atoms with Gasteiger partial charge in [-0.2, -0.15) is 0 Å². The van der Waals surface area contributed by atoms with Crippen LogP contribution in [0.5, 0.6) is 0 Å². The highest BCUT2D eigenvalue weighted by Crippen LogP contribution is 2.33. The van der Waals surface area contributed by atoms with E-state index in [1.54, 1.807) is 0 Å². The van der Waals surface area contributed by atoms with Crippen LogP contribution in [0.2, 0.25) is 0 Å². The fourth-order valence-corrected chi connectivity index (χ4v) is 4.44. The van der Waals surface area contributed by atoms with Crippen molar-refractivity contribution < 1.29 is 0 Å². The minimum Gasteiger partial charge on any atom is -0.398 e. The molecule has 5 N–H and O–H groups in total. The molecule has 0 saturated heterocycles. The fourth-order valence-electron chi connectivity index (χ4n) is 4.44. The summed E-state index contributed by atoms with van der Waals surface area (Å²) >= 11 is 0. The van der Waals surface area contributed by atoms with Crippen molar-refractivity contribution >= 4 is 17.6 Å². The molecule has 1 saturated carbocycles. The van der Waals surface area contributed by atoms with Crippen LogP contribution in [0.4, 0.5) is 11.4 Å². The Balaban J connectivity index is 1.30. The van der Waals surface area contributed by atoms with E-state index >= 15 is 0 Å². The van der Waals surface area contributed by atoms with Crippen LogP contribution in [0.25, 0.3) is 0 Å². The van der Waals surface area contributed by atoms with Crippen molar-refractivity contribution in [2.24, 2.45) is 0 Å². The third kappa shape index (κ3) is 3.61. The van der Waals surface area contributed by atoms with E-state index in [-0.39, 0.29) is 0 Å². The van der Waals surface area contributed by atoms with Gasteiger partial charge in [0, 0.05) is 41.3 Å². The third-order valence-corrected chi connectivity index (χ3v) is 5.91. The lowest BCUT2D eigenvalue weighted by Crippen LogP contribution is -2.38. The number of nitrogen functional groups attached to an aromatic ring is 1. The van der Waals surface area contributed by atoms with Gasteiger partial charge in [-0.15, -0.1) is 0 Å². The highest BCUT2D eigenvalue weighted by atomic mass is 15.0. The zero-order valence-electron chi connectivity index (χ0n) is 15.2. The van der Waals surface area contributed by atoms with Gasteiger partial charge in [-0.3, -0.25) is 0 Å². The van der Waals surface area contributed by atoms with Gasteiger partial charge >= 0.3 is 0 Å². The Hall–Kier alpha value is -2.33. The van der Waals surface area contributed by atoms with Crippen LogP contribution >= 0.6 is 0 Å². The number of anilines is 2. The summed E-state index contributed by atoms with van der Waals surface area (Å²) in [4.78, 5) is 0. The first kappa shape index (κ1) is 17.1.